The van der Waals surface area contributed by atoms with Crippen molar-refractivity contribution >= 4 is 37.8 Å². The Labute approximate surface area is 142 Å². The van der Waals surface area contributed by atoms with Gasteiger partial charge in [-0.25, -0.2) is 0 Å². The van der Waals surface area contributed by atoms with Gasteiger partial charge in [-0.05, 0) is 5.46 Å². The number of nitro groups is 1. The van der Waals surface area contributed by atoms with Crippen molar-refractivity contribution in [2.24, 2.45) is 0 Å². The van der Waals surface area contributed by atoms with Crippen molar-refractivity contribution in [1.29, 1.82) is 0 Å². The Hall–Kier alpha value is -2.65. The highest BCUT2D eigenvalue weighted by Gasteiger charge is 2.23. The van der Waals surface area contributed by atoms with E-state index in [-0.39, 0.29) is 5.69 Å². The molecule has 3 aromatic rings. The van der Waals surface area contributed by atoms with E-state index in [1.54, 1.807) is 6.07 Å². The van der Waals surface area contributed by atoms with Crippen molar-refractivity contribution in [3.63, 3.8) is 0 Å². The topological polar surface area (TPSA) is 52.4 Å². The minimum absolute atomic E-state index is 0.00522. The molecule has 0 saturated carbocycles. The molecule has 6 heteroatoms. The van der Waals surface area contributed by atoms with E-state index in [9.17, 15) is 10.1 Å². The van der Waals surface area contributed by atoms with Gasteiger partial charge in [0.15, 0.2) is 13.9 Å². The van der Waals surface area contributed by atoms with Crippen LogP contribution < -0.4 is 20.6 Å². The number of hydrogen-bond acceptors (Lipinski definition) is 3. The molecule has 0 aliphatic heterocycles. The fourth-order valence-corrected chi connectivity index (χ4v) is 4.19. The Morgan fingerprint density at radius 1 is 0.833 bits per heavy atom. The first-order chi connectivity index (χ1) is 11.7. The van der Waals surface area contributed by atoms with Gasteiger partial charge >= 0.3 is 5.69 Å². The van der Waals surface area contributed by atoms with Crippen LogP contribution in [0.15, 0.2) is 78.9 Å². The fraction of sp³-hybridized carbons (Fsp3) is 0. The summed E-state index contributed by atoms with van der Waals surface area (Å²) in [6.45, 7) is 0. The van der Waals surface area contributed by atoms with Gasteiger partial charge in [0.25, 0.3) is 0 Å². The highest BCUT2D eigenvalue weighted by molar-refractivity contribution is 7.68. The van der Waals surface area contributed by atoms with E-state index in [2.05, 4.69) is 0 Å². The molecule has 0 aliphatic carbocycles. The summed E-state index contributed by atoms with van der Waals surface area (Å²) in [7, 11) is 0.636. The van der Waals surface area contributed by atoms with Gasteiger partial charge in [-0.2, -0.15) is 0 Å². The summed E-state index contributed by atoms with van der Waals surface area (Å²) < 4.78 is 6.23. The van der Waals surface area contributed by atoms with E-state index >= 15 is 0 Å². The van der Waals surface area contributed by atoms with E-state index in [0.717, 1.165) is 16.1 Å². The monoisotopic (exact) mass is 335 g/mol. The number of hydrogen-bond donors (Lipinski definition) is 0. The second-order valence-corrected chi connectivity index (χ2v) is 7.04. The van der Waals surface area contributed by atoms with Crippen molar-refractivity contribution in [2.45, 2.75) is 0 Å². The van der Waals surface area contributed by atoms with Gasteiger partial charge in [-0.3, -0.25) is 10.1 Å². The van der Waals surface area contributed by atoms with Crippen LogP contribution in [-0.2, 0) is 0 Å². The van der Waals surface area contributed by atoms with Crippen LogP contribution in [0.3, 0.4) is 0 Å². The van der Waals surface area contributed by atoms with Crippen molar-refractivity contribution in [3.05, 3.63) is 89.0 Å². The summed E-state index contributed by atoms with van der Waals surface area (Å²) in [6.07, 6.45) is 0. The lowest BCUT2D eigenvalue weighted by Crippen LogP contribution is -2.19. The summed E-state index contributed by atoms with van der Waals surface area (Å²) in [5.41, 5.74) is 0.748. The third kappa shape index (κ3) is 3.47. The molecule has 4 nitrogen and oxygen atoms in total. The first-order valence-corrected chi connectivity index (χ1v) is 8.75. The molecule has 0 amide bonds. The van der Waals surface area contributed by atoms with E-state index in [1.807, 2.05) is 74.6 Å². The molecular formula is C18H15BNO3P. The lowest BCUT2D eigenvalue weighted by atomic mass is 9.94. The Kier molecular flexibility index (Phi) is 4.92. The SMILES string of the molecule is Bc1cccc([N+](=O)[O-])c1OP(c1ccccc1)c1ccccc1. The quantitative estimate of drug-likeness (QED) is 0.311. The maximum atomic E-state index is 11.4. The van der Waals surface area contributed by atoms with E-state index in [1.165, 1.54) is 6.07 Å². The average molecular weight is 335 g/mol. The van der Waals surface area contributed by atoms with Crippen LogP contribution in [-0.4, -0.2) is 12.8 Å². The largest absolute Gasteiger partial charge is 0.458 e. The Morgan fingerprint density at radius 2 is 1.38 bits per heavy atom. The molecule has 0 bridgehead atoms. The van der Waals surface area contributed by atoms with Crippen LogP contribution in [0.5, 0.6) is 5.75 Å². The predicted octanol–water partition coefficient (Wildman–Crippen LogP) is 2.28. The minimum atomic E-state index is -1.19. The lowest BCUT2D eigenvalue weighted by molar-refractivity contribution is -0.385. The van der Waals surface area contributed by atoms with Crippen molar-refractivity contribution in [2.75, 3.05) is 0 Å². The molecule has 3 rings (SSSR count). The van der Waals surface area contributed by atoms with Crippen molar-refractivity contribution in [3.8, 4) is 5.75 Å². The highest BCUT2D eigenvalue weighted by atomic mass is 31.1. The van der Waals surface area contributed by atoms with E-state index < -0.39 is 13.1 Å². The molecule has 3 aromatic carbocycles. The molecule has 0 heterocycles. The zero-order valence-corrected chi connectivity index (χ0v) is 14.0. The summed E-state index contributed by atoms with van der Waals surface area (Å²) in [5, 5.41) is 13.4. The second kappa shape index (κ2) is 7.28. The van der Waals surface area contributed by atoms with Crippen LogP contribution in [0.2, 0.25) is 0 Å². The zero-order valence-electron chi connectivity index (χ0n) is 13.1. The smallest absolute Gasteiger partial charge is 0.310 e. The standard InChI is InChI=1S/C18H15BNO3P/c19-16-12-7-13-17(20(21)22)18(16)23-24(14-8-3-1-4-9-14)15-10-5-2-6-11-15/h1-13H,19H2. The number of benzene rings is 3. The number of para-hydroxylation sites is 1. The Bertz CT molecular complexity index is 804. The molecule has 0 aliphatic rings. The molecule has 0 fully saturated rings. The molecule has 0 spiro atoms. The molecule has 24 heavy (non-hydrogen) atoms. The van der Waals surface area contributed by atoms with E-state index in [0.29, 0.717) is 5.75 Å². The Balaban J connectivity index is 2.08. The molecule has 0 radical (unpaired) electrons. The van der Waals surface area contributed by atoms with Crippen molar-refractivity contribution in [1.82, 2.24) is 0 Å². The normalized spacial score (nSPS) is 10.5. The maximum absolute atomic E-state index is 11.4. The number of nitrogens with zero attached hydrogens (tertiary/aromatic N) is 1. The van der Waals surface area contributed by atoms with Gasteiger partial charge in [0.2, 0.25) is 0 Å². The highest BCUT2D eigenvalue weighted by Crippen LogP contribution is 2.39. The molecule has 0 saturated heterocycles. The maximum Gasteiger partial charge on any atom is 0.310 e. The van der Waals surface area contributed by atoms with E-state index in [4.69, 9.17) is 4.52 Å². The number of nitro benzene ring substituents is 1. The van der Waals surface area contributed by atoms with Gasteiger partial charge in [0.05, 0.1) is 4.92 Å². The van der Waals surface area contributed by atoms with Gasteiger partial charge in [-0.15, -0.1) is 0 Å². The van der Waals surface area contributed by atoms with Crippen LogP contribution >= 0.6 is 8.15 Å². The fourth-order valence-electron chi connectivity index (χ4n) is 2.37. The van der Waals surface area contributed by atoms with Crippen LogP contribution in [0.25, 0.3) is 0 Å². The van der Waals surface area contributed by atoms with Gasteiger partial charge < -0.3 is 4.52 Å². The molecule has 0 aromatic heterocycles. The van der Waals surface area contributed by atoms with Crippen molar-refractivity contribution < 1.29 is 9.45 Å². The first kappa shape index (κ1) is 16.2. The Morgan fingerprint density at radius 3 is 1.88 bits per heavy atom. The first-order valence-electron chi connectivity index (χ1n) is 7.49. The zero-order chi connectivity index (χ0) is 16.9. The summed E-state index contributed by atoms with van der Waals surface area (Å²) in [5.74, 6) is 0.335. The summed E-state index contributed by atoms with van der Waals surface area (Å²) in [4.78, 5) is 11.0. The molecule has 0 unspecified atom stereocenters. The van der Waals surface area contributed by atoms with Crippen LogP contribution in [0, 0.1) is 10.1 Å². The average Bonchev–Trinajstić information content (AvgIpc) is 2.62. The molecule has 0 N–H and O–H groups in total. The molecular weight excluding hydrogens is 320 g/mol. The predicted molar refractivity (Wildman–Crippen MR) is 101 cm³/mol. The second-order valence-electron chi connectivity index (χ2n) is 5.24. The van der Waals surface area contributed by atoms with Gasteiger partial charge in [0, 0.05) is 16.7 Å². The van der Waals surface area contributed by atoms with Crippen LogP contribution in [0.1, 0.15) is 0 Å². The third-order valence-corrected chi connectivity index (χ3v) is 5.45. The number of rotatable bonds is 5. The molecule has 118 valence electrons. The third-order valence-electron chi connectivity index (χ3n) is 3.55. The lowest BCUT2D eigenvalue weighted by Gasteiger charge is -2.20. The summed E-state index contributed by atoms with van der Waals surface area (Å²) >= 11 is 0. The minimum Gasteiger partial charge on any atom is -0.458 e. The van der Waals surface area contributed by atoms with Gasteiger partial charge in [0.1, 0.15) is 7.85 Å². The van der Waals surface area contributed by atoms with Gasteiger partial charge in [-0.1, -0.05) is 72.8 Å². The summed E-state index contributed by atoms with van der Waals surface area (Å²) in [6, 6.07) is 24.6. The molecule has 0 atom stereocenters. The van der Waals surface area contributed by atoms with Crippen LogP contribution in [0.4, 0.5) is 5.69 Å².